The van der Waals surface area contributed by atoms with E-state index in [1.807, 2.05) is 13.0 Å². The predicted molar refractivity (Wildman–Crippen MR) is 64.8 cm³/mol. The second-order valence-electron chi connectivity index (χ2n) is 3.52. The number of aryl methyl sites for hydroxylation is 1. The molecule has 0 atom stereocenters. The van der Waals surface area contributed by atoms with E-state index in [0.717, 1.165) is 11.1 Å². The monoisotopic (exact) mass is 252 g/mol. The van der Waals surface area contributed by atoms with Gasteiger partial charge in [0.05, 0.1) is 18.2 Å². The Bertz CT molecular complexity index is 466. The van der Waals surface area contributed by atoms with E-state index in [-0.39, 0.29) is 12.3 Å². The normalized spacial score (nSPS) is 9.53. The Balaban J connectivity index is 2.76. The summed E-state index contributed by atoms with van der Waals surface area (Å²) in [5.41, 5.74) is 1.88. The van der Waals surface area contributed by atoms with Crippen LogP contribution in [0.2, 0.25) is 5.02 Å². The minimum absolute atomic E-state index is 0.136. The average molecular weight is 253 g/mol. The lowest BCUT2D eigenvalue weighted by molar-refractivity contribution is -0.120. The van der Waals surface area contributed by atoms with Gasteiger partial charge < -0.3 is 10.1 Å². The smallest absolute Gasteiger partial charge is 0.234 e. The lowest BCUT2D eigenvalue weighted by Gasteiger charge is -2.10. The van der Waals surface area contributed by atoms with Gasteiger partial charge in [0.1, 0.15) is 12.2 Å². The Morgan fingerprint density at radius 2 is 2.29 bits per heavy atom. The van der Waals surface area contributed by atoms with Crippen molar-refractivity contribution < 1.29 is 9.53 Å². The highest BCUT2D eigenvalue weighted by Gasteiger charge is 2.07. The van der Waals surface area contributed by atoms with Crippen LogP contribution in [0.25, 0.3) is 0 Å². The number of hydrogen-bond donors (Lipinski definition) is 1. The summed E-state index contributed by atoms with van der Waals surface area (Å²) in [5.74, 6) is 0.315. The van der Waals surface area contributed by atoms with Crippen LogP contribution >= 0.6 is 11.6 Å². The maximum atomic E-state index is 11.1. The van der Waals surface area contributed by atoms with Crippen molar-refractivity contribution in [3.8, 4) is 11.8 Å². The van der Waals surface area contributed by atoms with E-state index in [1.54, 1.807) is 19.2 Å². The number of carbonyl (C=O) groups excluding carboxylic acids is 1. The largest absolute Gasteiger partial charge is 0.495 e. The van der Waals surface area contributed by atoms with Crippen LogP contribution in [0.4, 0.5) is 0 Å². The van der Waals surface area contributed by atoms with Crippen molar-refractivity contribution in [3.05, 3.63) is 28.3 Å². The van der Waals surface area contributed by atoms with Crippen molar-refractivity contribution >= 4 is 17.5 Å². The highest BCUT2D eigenvalue weighted by Crippen LogP contribution is 2.27. The molecule has 0 aliphatic heterocycles. The van der Waals surface area contributed by atoms with E-state index in [0.29, 0.717) is 17.3 Å². The van der Waals surface area contributed by atoms with Gasteiger partial charge in [-0.05, 0) is 30.2 Å². The number of benzene rings is 1. The molecule has 17 heavy (non-hydrogen) atoms. The molecule has 0 saturated carbocycles. The minimum atomic E-state index is -0.293. The van der Waals surface area contributed by atoms with E-state index < -0.39 is 0 Å². The molecular weight excluding hydrogens is 240 g/mol. The molecule has 0 heterocycles. The second-order valence-corrected chi connectivity index (χ2v) is 3.93. The fourth-order valence-electron chi connectivity index (χ4n) is 1.37. The van der Waals surface area contributed by atoms with Gasteiger partial charge in [0.2, 0.25) is 5.91 Å². The van der Waals surface area contributed by atoms with Gasteiger partial charge in [-0.25, -0.2) is 0 Å². The predicted octanol–water partition coefficient (Wildman–Crippen LogP) is 2.19. The van der Waals surface area contributed by atoms with Crippen LogP contribution in [0.1, 0.15) is 17.5 Å². The Labute approximate surface area is 105 Å². The van der Waals surface area contributed by atoms with E-state index in [4.69, 9.17) is 21.6 Å². The molecule has 90 valence electrons. The van der Waals surface area contributed by atoms with Crippen LogP contribution in [0.5, 0.6) is 5.75 Å². The molecule has 0 aromatic heterocycles. The molecule has 1 rings (SSSR count). The lowest BCUT2D eigenvalue weighted by Crippen LogP contribution is -2.22. The fourth-order valence-corrected chi connectivity index (χ4v) is 1.63. The van der Waals surface area contributed by atoms with Crippen LogP contribution in [0.3, 0.4) is 0 Å². The summed E-state index contributed by atoms with van der Waals surface area (Å²) in [5, 5.41) is 11.5. The van der Waals surface area contributed by atoms with Gasteiger partial charge in [-0.2, -0.15) is 5.26 Å². The van der Waals surface area contributed by atoms with Crippen LogP contribution in [-0.2, 0) is 11.3 Å². The third kappa shape index (κ3) is 3.65. The van der Waals surface area contributed by atoms with Crippen molar-refractivity contribution in [1.82, 2.24) is 5.32 Å². The minimum Gasteiger partial charge on any atom is -0.495 e. The summed E-state index contributed by atoms with van der Waals surface area (Å²) in [6.45, 7) is 2.26. The van der Waals surface area contributed by atoms with E-state index in [2.05, 4.69) is 5.32 Å². The number of halogens is 1. The number of nitrogens with one attached hydrogen (secondary N) is 1. The highest BCUT2D eigenvalue weighted by atomic mass is 35.5. The van der Waals surface area contributed by atoms with Crippen molar-refractivity contribution in [1.29, 1.82) is 5.26 Å². The molecule has 0 saturated heterocycles. The maximum Gasteiger partial charge on any atom is 0.234 e. The molecule has 0 aliphatic rings. The summed E-state index contributed by atoms with van der Waals surface area (Å²) in [6, 6.07) is 5.36. The van der Waals surface area contributed by atoms with Gasteiger partial charge in [0.15, 0.2) is 0 Å². The Kier molecular flexibility index (Phi) is 4.80. The summed E-state index contributed by atoms with van der Waals surface area (Å²) in [6.07, 6.45) is -0.136. The van der Waals surface area contributed by atoms with E-state index in [1.165, 1.54) is 0 Å². The van der Waals surface area contributed by atoms with E-state index in [9.17, 15) is 4.79 Å². The molecule has 0 aliphatic carbocycles. The Hall–Kier alpha value is -1.73. The first-order chi connectivity index (χ1) is 8.08. The quantitative estimate of drug-likeness (QED) is 0.894. The van der Waals surface area contributed by atoms with Gasteiger partial charge in [0, 0.05) is 6.54 Å². The zero-order chi connectivity index (χ0) is 12.8. The molecule has 0 fully saturated rings. The molecule has 0 radical (unpaired) electrons. The first-order valence-corrected chi connectivity index (χ1v) is 5.43. The molecular formula is C12H13ClN2O2. The van der Waals surface area contributed by atoms with Gasteiger partial charge in [-0.15, -0.1) is 0 Å². The standard InChI is InChI=1S/C12H13ClN2O2/c1-8-5-11(17-2)10(13)6-9(8)7-15-12(16)3-4-14/h5-6H,3,7H2,1-2H3,(H,15,16). The van der Waals surface area contributed by atoms with Gasteiger partial charge in [-0.3, -0.25) is 4.79 Å². The fraction of sp³-hybridized carbons (Fsp3) is 0.333. The summed E-state index contributed by atoms with van der Waals surface area (Å²) < 4.78 is 5.08. The molecule has 1 aromatic rings. The summed E-state index contributed by atoms with van der Waals surface area (Å²) in [7, 11) is 1.55. The number of methoxy groups -OCH3 is 1. The molecule has 1 amide bonds. The molecule has 1 N–H and O–H groups in total. The lowest BCUT2D eigenvalue weighted by atomic mass is 10.1. The van der Waals surface area contributed by atoms with E-state index >= 15 is 0 Å². The van der Waals surface area contributed by atoms with Crippen molar-refractivity contribution in [2.75, 3.05) is 7.11 Å². The van der Waals surface area contributed by atoms with Crippen LogP contribution < -0.4 is 10.1 Å². The molecule has 5 heteroatoms. The number of ether oxygens (including phenoxy) is 1. The number of amides is 1. The Morgan fingerprint density at radius 3 is 2.88 bits per heavy atom. The first kappa shape index (κ1) is 13.3. The second kappa shape index (κ2) is 6.12. The van der Waals surface area contributed by atoms with Crippen LogP contribution in [0.15, 0.2) is 12.1 Å². The third-order valence-electron chi connectivity index (χ3n) is 2.33. The number of nitrogens with zero attached hydrogens (tertiary/aromatic N) is 1. The highest BCUT2D eigenvalue weighted by molar-refractivity contribution is 6.32. The summed E-state index contributed by atoms with van der Waals surface area (Å²) >= 11 is 5.99. The maximum absolute atomic E-state index is 11.1. The van der Waals surface area contributed by atoms with Gasteiger partial charge in [0.25, 0.3) is 0 Å². The van der Waals surface area contributed by atoms with Gasteiger partial charge in [-0.1, -0.05) is 11.6 Å². The number of rotatable bonds is 4. The van der Waals surface area contributed by atoms with Crippen molar-refractivity contribution in [2.24, 2.45) is 0 Å². The number of nitriles is 1. The number of hydrogen-bond acceptors (Lipinski definition) is 3. The van der Waals surface area contributed by atoms with Crippen LogP contribution in [-0.4, -0.2) is 13.0 Å². The zero-order valence-electron chi connectivity index (χ0n) is 9.71. The Morgan fingerprint density at radius 1 is 1.59 bits per heavy atom. The zero-order valence-corrected chi connectivity index (χ0v) is 10.5. The van der Waals surface area contributed by atoms with Crippen molar-refractivity contribution in [3.63, 3.8) is 0 Å². The third-order valence-corrected chi connectivity index (χ3v) is 2.62. The number of carbonyl (C=O) groups is 1. The molecule has 0 bridgehead atoms. The average Bonchev–Trinajstić information content (AvgIpc) is 2.30. The molecule has 0 unspecified atom stereocenters. The molecule has 0 spiro atoms. The first-order valence-electron chi connectivity index (χ1n) is 5.05. The topological polar surface area (TPSA) is 62.1 Å². The van der Waals surface area contributed by atoms with Crippen molar-refractivity contribution in [2.45, 2.75) is 19.9 Å². The molecule has 1 aromatic carbocycles. The van der Waals surface area contributed by atoms with Gasteiger partial charge >= 0.3 is 0 Å². The summed E-state index contributed by atoms with van der Waals surface area (Å²) in [4.78, 5) is 11.1. The SMILES string of the molecule is COc1cc(C)c(CNC(=O)CC#N)cc1Cl. The molecule has 4 nitrogen and oxygen atoms in total. The van der Waals surface area contributed by atoms with Crippen LogP contribution in [0, 0.1) is 18.3 Å².